The van der Waals surface area contributed by atoms with Gasteiger partial charge in [-0.25, -0.2) is 9.59 Å². The molecule has 58 valence electrons. The third kappa shape index (κ3) is 3.00. The van der Waals surface area contributed by atoms with Crippen molar-refractivity contribution in [1.82, 2.24) is 0 Å². The normalized spacial score (nSPS) is 12.2. The van der Waals surface area contributed by atoms with Crippen LogP contribution in [0.15, 0.2) is 0 Å². The van der Waals surface area contributed by atoms with Crippen LogP contribution in [0.2, 0.25) is 0 Å². The Hall–Kier alpha value is -1.14. The smallest absolute Gasteiger partial charge is 0.449 e. The summed E-state index contributed by atoms with van der Waals surface area (Å²) in [4.78, 5) is 19.8. The van der Waals surface area contributed by atoms with Crippen LogP contribution in [-0.4, -0.2) is 40.2 Å². The van der Waals surface area contributed by atoms with Gasteiger partial charge >= 0.3 is 12.1 Å². The molecule has 1 unspecified atom stereocenters. The van der Waals surface area contributed by atoms with E-state index in [-0.39, 0.29) is 0 Å². The highest BCUT2D eigenvalue weighted by atomic mass is 16.7. The van der Waals surface area contributed by atoms with Crippen LogP contribution in [0.5, 0.6) is 0 Å². The molecule has 0 aliphatic heterocycles. The van der Waals surface area contributed by atoms with Crippen LogP contribution in [0.4, 0.5) is 4.79 Å². The Bertz CT molecular complexity index is 141. The van der Waals surface area contributed by atoms with Gasteiger partial charge in [0.25, 0.3) is 0 Å². The molecule has 0 aliphatic carbocycles. The minimum Gasteiger partial charge on any atom is -0.449 e. The fourth-order valence-corrected chi connectivity index (χ4v) is 0.229. The van der Waals surface area contributed by atoms with Crippen LogP contribution in [0.1, 0.15) is 0 Å². The second kappa shape index (κ2) is 3.80. The predicted octanol–water partition coefficient (Wildman–Crippen LogP) is -1.44. The van der Waals surface area contributed by atoms with Crippen molar-refractivity contribution in [2.24, 2.45) is 0 Å². The molecule has 0 aliphatic rings. The molecule has 1 atom stereocenters. The molecule has 6 nitrogen and oxygen atoms in total. The number of carboxylic acid groups (broad SMARTS) is 1. The third-order valence-electron chi connectivity index (χ3n) is 0.633. The molecule has 0 heterocycles. The van der Waals surface area contributed by atoms with E-state index in [1.165, 1.54) is 0 Å². The number of aliphatic hydroxyl groups is 2. The highest BCUT2D eigenvalue weighted by molar-refractivity contribution is 5.83. The van der Waals surface area contributed by atoms with E-state index in [0.717, 1.165) is 0 Å². The SMILES string of the molecule is O=C(O)OC(=O)C(O)CO. The molecule has 0 radical (unpaired) electrons. The first-order valence-corrected chi connectivity index (χ1v) is 2.31. The lowest BCUT2D eigenvalue weighted by Crippen LogP contribution is -2.28. The van der Waals surface area contributed by atoms with E-state index in [9.17, 15) is 9.59 Å². The molecule has 0 fully saturated rings. The summed E-state index contributed by atoms with van der Waals surface area (Å²) in [5.74, 6) is -1.38. The molecule has 3 N–H and O–H groups in total. The van der Waals surface area contributed by atoms with Crippen molar-refractivity contribution in [2.75, 3.05) is 6.61 Å². The van der Waals surface area contributed by atoms with Gasteiger partial charge in [-0.2, -0.15) is 0 Å². The maximum Gasteiger partial charge on any atom is 0.513 e. The van der Waals surface area contributed by atoms with Gasteiger partial charge < -0.3 is 20.1 Å². The molecule has 0 aromatic heterocycles. The third-order valence-corrected chi connectivity index (χ3v) is 0.633. The minimum atomic E-state index is -1.81. The van der Waals surface area contributed by atoms with Gasteiger partial charge in [-0.15, -0.1) is 0 Å². The Morgan fingerprint density at radius 1 is 1.50 bits per heavy atom. The van der Waals surface area contributed by atoms with Gasteiger partial charge in [0.2, 0.25) is 0 Å². The zero-order chi connectivity index (χ0) is 8.15. The molecule has 0 saturated carbocycles. The van der Waals surface area contributed by atoms with Gasteiger partial charge in [0.05, 0.1) is 6.61 Å². The van der Waals surface area contributed by atoms with E-state index in [2.05, 4.69) is 4.74 Å². The van der Waals surface area contributed by atoms with Crippen molar-refractivity contribution in [3.8, 4) is 0 Å². The van der Waals surface area contributed by atoms with Crippen molar-refractivity contribution < 1.29 is 29.6 Å². The van der Waals surface area contributed by atoms with E-state index < -0.39 is 24.8 Å². The van der Waals surface area contributed by atoms with Gasteiger partial charge in [0, 0.05) is 0 Å². The van der Waals surface area contributed by atoms with E-state index in [0.29, 0.717) is 0 Å². The Labute approximate surface area is 55.7 Å². The summed E-state index contributed by atoms with van der Waals surface area (Å²) < 4.78 is 3.47. The lowest BCUT2D eigenvalue weighted by molar-refractivity contribution is -0.150. The van der Waals surface area contributed by atoms with Crippen molar-refractivity contribution >= 4 is 12.1 Å². The fraction of sp³-hybridized carbons (Fsp3) is 0.500. The molecule has 0 bridgehead atoms. The molecule has 0 spiro atoms. The maximum absolute atomic E-state index is 10.2. The Morgan fingerprint density at radius 3 is 2.30 bits per heavy atom. The standard InChI is InChI=1S/C4H6O6/c5-1-2(6)3(7)10-4(8)9/h2,5-6H,1H2,(H,8,9). The Balaban J connectivity index is 3.73. The van der Waals surface area contributed by atoms with Crippen LogP contribution >= 0.6 is 0 Å². The van der Waals surface area contributed by atoms with Gasteiger partial charge in [-0.05, 0) is 0 Å². The number of aliphatic hydroxyl groups excluding tert-OH is 2. The molecule has 0 rings (SSSR count). The van der Waals surface area contributed by atoms with Crippen molar-refractivity contribution in [3.63, 3.8) is 0 Å². The lowest BCUT2D eigenvalue weighted by atomic mass is 10.4. The molecule has 10 heavy (non-hydrogen) atoms. The first-order chi connectivity index (χ1) is 4.57. The van der Waals surface area contributed by atoms with Gasteiger partial charge in [-0.1, -0.05) is 0 Å². The second-order valence-corrected chi connectivity index (χ2v) is 1.39. The minimum absolute atomic E-state index is 0.855. The number of hydrogen-bond acceptors (Lipinski definition) is 5. The Kier molecular flexibility index (Phi) is 3.37. The monoisotopic (exact) mass is 150 g/mol. The second-order valence-electron chi connectivity index (χ2n) is 1.39. The van der Waals surface area contributed by atoms with Crippen molar-refractivity contribution in [1.29, 1.82) is 0 Å². The highest BCUT2D eigenvalue weighted by Crippen LogP contribution is 1.86. The summed E-state index contributed by atoms with van der Waals surface area (Å²) in [7, 11) is 0. The summed E-state index contributed by atoms with van der Waals surface area (Å²) in [6.07, 6.45) is -3.59. The first-order valence-electron chi connectivity index (χ1n) is 2.31. The van der Waals surface area contributed by atoms with Crippen LogP contribution in [-0.2, 0) is 9.53 Å². The molecule has 0 aromatic carbocycles. The predicted molar refractivity (Wildman–Crippen MR) is 27.2 cm³/mol. The largest absolute Gasteiger partial charge is 0.513 e. The topological polar surface area (TPSA) is 104 Å². The molecular formula is C4H6O6. The number of rotatable bonds is 2. The summed E-state index contributed by atoms with van der Waals surface area (Å²) in [6, 6.07) is 0. The van der Waals surface area contributed by atoms with Crippen LogP contribution in [0.3, 0.4) is 0 Å². The average Bonchev–Trinajstić information content (AvgIpc) is 1.85. The summed E-state index contributed by atoms with van der Waals surface area (Å²) >= 11 is 0. The zero-order valence-electron chi connectivity index (χ0n) is 4.85. The number of carbonyl (C=O) groups excluding carboxylic acids is 1. The van der Waals surface area contributed by atoms with Gasteiger partial charge in [0.1, 0.15) is 0 Å². The molecular weight excluding hydrogens is 144 g/mol. The summed E-state index contributed by atoms with van der Waals surface area (Å²) in [6.45, 7) is -0.855. The first kappa shape index (κ1) is 8.86. The quantitative estimate of drug-likeness (QED) is 0.329. The Morgan fingerprint density at radius 2 is 2.00 bits per heavy atom. The zero-order valence-corrected chi connectivity index (χ0v) is 4.85. The van der Waals surface area contributed by atoms with Gasteiger partial charge in [0.15, 0.2) is 6.10 Å². The van der Waals surface area contributed by atoms with E-state index in [4.69, 9.17) is 15.3 Å². The average molecular weight is 150 g/mol. The fourth-order valence-electron chi connectivity index (χ4n) is 0.229. The van der Waals surface area contributed by atoms with E-state index in [1.54, 1.807) is 0 Å². The van der Waals surface area contributed by atoms with Crippen LogP contribution < -0.4 is 0 Å². The number of esters is 1. The lowest BCUT2D eigenvalue weighted by Gasteiger charge is -2.01. The molecule has 6 heteroatoms. The van der Waals surface area contributed by atoms with Crippen molar-refractivity contribution in [2.45, 2.75) is 6.10 Å². The molecule has 0 aromatic rings. The maximum atomic E-state index is 10.2. The number of ether oxygens (including phenoxy) is 1. The molecule has 0 saturated heterocycles. The van der Waals surface area contributed by atoms with Crippen LogP contribution in [0.25, 0.3) is 0 Å². The summed E-state index contributed by atoms with van der Waals surface area (Å²) in [5.41, 5.74) is 0. The van der Waals surface area contributed by atoms with Gasteiger partial charge in [-0.3, -0.25) is 0 Å². The van der Waals surface area contributed by atoms with Crippen molar-refractivity contribution in [3.05, 3.63) is 0 Å². The number of carbonyl (C=O) groups is 2. The van der Waals surface area contributed by atoms with Crippen LogP contribution in [0, 0.1) is 0 Å². The number of hydrogen-bond donors (Lipinski definition) is 3. The summed E-state index contributed by atoms with van der Waals surface area (Å²) in [5, 5.41) is 24.3. The highest BCUT2D eigenvalue weighted by Gasteiger charge is 2.17. The van der Waals surface area contributed by atoms with E-state index >= 15 is 0 Å². The molecule has 0 amide bonds. The van der Waals surface area contributed by atoms with E-state index in [1.807, 2.05) is 0 Å².